The Bertz CT molecular complexity index is 7.61. The van der Waals surface area contributed by atoms with Gasteiger partial charge in [0.15, 0.2) is 0 Å². The first kappa shape index (κ1) is 48.0. The molecule has 6 N–H and O–H groups in total. The molecule has 0 amide bonds. The van der Waals surface area contributed by atoms with Crippen LogP contribution in [-0.2, 0) is 26.2 Å². The van der Waals surface area contributed by atoms with E-state index < -0.39 is 0 Å². The zero-order chi connectivity index (χ0) is 2.00. The van der Waals surface area contributed by atoms with Gasteiger partial charge in [0, 0.05) is 26.2 Å². The molecule has 0 aliphatic heterocycles. The topological polar surface area (TPSA) is 70.0 Å². The number of hydrogen-bond acceptors (Lipinski definition) is 2. The van der Waals surface area contributed by atoms with Gasteiger partial charge in [-0.25, -0.2) is 0 Å². The van der Waals surface area contributed by atoms with Crippen molar-refractivity contribution >= 4 is 0 Å². The SMILES string of the molecule is C=C.N.N.[Zr]. The van der Waals surface area contributed by atoms with Crippen molar-refractivity contribution in [2.45, 2.75) is 0 Å². The van der Waals surface area contributed by atoms with Gasteiger partial charge >= 0.3 is 0 Å². The van der Waals surface area contributed by atoms with E-state index in [0.717, 1.165) is 0 Å². The summed E-state index contributed by atoms with van der Waals surface area (Å²) in [5.74, 6) is 0. The maximum atomic E-state index is 3.00. The third-order valence-electron chi connectivity index (χ3n) is 0. The van der Waals surface area contributed by atoms with Crippen LogP contribution in [0.2, 0.25) is 0 Å². The summed E-state index contributed by atoms with van der Waals surface area (Å²) >= 11 is 0. The van der Waals surface area contributed by atoms with E-state index in [1.54, 1.807) is 0 Å². The molecule has 0 bridgehead atoms. The Hall–Kier alpha value is 0.543. The van der Waals surface area contributed by atoms with E-state index in [1.165, 1.54) is 0 Å². The molecule has 0 aliphatic carbocycles. The second-order valence-corrected chi connectivity index (χ2v) is 0. The van der Waals surface area contributed by atoms with Crippen molar-refractivity contribution in [3.63, 3.8) is 0 Å². The molecule has 0 saturated carbocycles. The van der Waals surface area contributed by atoms with Crippen LogP contribution in [0.5, 0.6) is 0 Å². The summed E-state index contributed by atoms with van der Waals surface area (Å²) in [5, 5.41) is 0. The van der Waals surface area contributed by atoms with E-state index in [9.17, 15) is 0 Å². The van der Waals surface area contributed by atoms with Crippen LogP contribution in [0.4, 0.5) is 0 Å². The van der Waals surface area contributed by atoms with Crippen LogP contribution < -0.4 is 12.3 Å². The van der Waals surface area contributed by atoms with E-state index in [4.69, 9.17) is 0 Å². The van der Waals surface area contributed by atoms with Crippen molar-refractivity contribution in [1.82, 2.24) is 12.3 Å². The maximum absolute atomic E-state index is 3.00. The van der Waals surface area contributed by atoms with Crippen molar-refractivity contribution in [1.29, 1.82) is 0 Å². The normalized spacial score (nSPS) is 0.800. The van der Waals surface area contributed by atoms with Crippen molar-refractivity contribution in [3.05, 3.63) is 13.2 Å². The fourth-order valence-electron chi connectivity index (χ4n) is 0. The second kappa shape index (κ2) is 193. The van der Waals surface area contributed by atoms with Gasteiger partial charge in [-0.15, -0.1) is 13.2 Å². The van der Waals surface area contributed by atoms with Gasteiger partial charge in [-0.1, -0.05) is 0 Å². The molecule has 0 spiro atoms. The Morgan fingerprint density at radius 2 is 0.800 bits per heavy atom. The first-order valence-electron chi connectivity index (χ1n) is 0.500. The third kappa shape index (κ3) is 99.6. The third-order valence-corrected chi connectivity index (χ3v) is 0. The monoisotopic (exact) mass is 152 g/mol. The van der Waals surface area contributed by atoms with Gasteiger partial charge in [0.1, 0.15) is 0 Å². The van der Waals surface area contributed by atoms with Gasteiger partial charge in [0.2, 0.25) is 0 Å². The van der Waals surface area contributed by atoms with Gasteiger partial charge in [0.25, 0.3) is 0 Å². The van der Waals surface area contributed by atoms with Crippen LogP contribution in [0.25, 0.3) is 0 Å². The molecule has 32 valence electrons. The summed E-state index contributed by atoms with van der Waals surface area (Å²) in [6, 6.07) is 0. The fraction of sp³-hybridized carbons (Fsp3) is 0. The summed E-state index contributed by atoms with van der Waals surface area (Å²) < 4.78 is 0. The van der Waals surface area contributed by atoms with Crippen molar-refractivity contribution in [2.75, 3.05) is 0 Å². The summed E-state index contributed by atoms with van der Waals surface area (Å²) in [7, 11) is 0. The van der Waals surface area contributed by atoms with Gasteiger partial charge in [0.05, 0.1) is 0 Å². The molecule has 0 atom stereocenters. The molecule has 0 fully saturated rings. The quantitative estimate of drug-likeness (QED) is 0.512. The van der Waals surface area contributed by atoms with Crippen molar-refractivity contribution < 1.29 is 26.2 Å². The molecule has 0 aromatic carbocycles. The van der Waals surface area contributed by atoms with Gasteiger partial charge in [-0.05, 0) is 0 Å². The molecule has 0 unspecified atom stereocenters. The summed E-state index contributed by atoms with van der Waals surface area (Å²) in [6.45, 7) is 6.00. The maximum Gasteiger partial charge on any atom is 0 e. The van der Waals surface area contributed by atoms with Gasteiger partial charge in [-0.2, -0.15) is 0 Å². The minimum atomic E-state index is 0. The Morgan fingerprint density at radius 1 is 0.800 bits per heavy atom. The van der Waals surface area contributed by atoms with Crippen molar-refractivity contribution in [2.24, 2.45) is 0 Å². The summed E-state index contributed by atoms with van der Waals surface area (Å²) in [4.78, 5) is 0. The molecular formula is C2H10N2Zr. The van der Waals surface area contributed by atoms with Crippen LogP contribution >= 0.6 is 0 Å². The average Bonchev–Trinajstić information content (AvgIpc) is 1.00. The molecule has 0 aliphatic rings. The van der Waals surface area contributed by atoms with E-state index in [0.29, 0.717) is 0 Å². The van der Waals surface area contributed by atoms with E-state index in [-0.39, 0.29) is 38.5 Å². The van der Waals surface area contributed by atoms with Gasteiger partial charge < -0.3 is 12.3 Å². The summed E-state index contributed by atoms with van der Waals surface area (Å²) in [5.41, 5.74) is 0. The van der Waals surface area contributed by atoms with Crippen LogP contribution in [0.1, 0.15) is 0 Å². The molecule has 3 heteroatoms. The Labute approximate surface area is 51.9 Å². The second-order valence-electron chi connectivity index (χ2n) is 0. The molecule has 0 aromatic heterocycles. The standard InChI is InChI=1S/C2H4.2H3N.Zr/c1-2;;;/h1-2H2;2*1H3;. The van der Waals surface area contributed by atoms with Crippen LogP contribution in [0.3, 0.4) is 0 Å². The average molecular weight is 153 g/mol. The van der Waals surface area contributed by atoms with Crippen molar-refractivity contribution in [3.8, 4) is 0 Å². The fourth-order valence-corrected chi connectivity index (χ4v) is 0. The Balaban J connectivity index is -0.00000000167. The predicted molar refractivity (Wildman–Crippen MR) is 21.3 cm³/mol. The zero-order valence-electron chi connectivity index (χ0n) is 3.33. The number of hydrogen-bond donors (Lipinski definition) is 2. The molecule has 0 heterocycles. The predicted octanol–water partition coefficient (Wildman–Crippen LogP) is 1.12. The first-order chi connectivity index (χ1) is 1.00. The molecule has 5 heavy (non-hydrogen) atoms. The Kier molecular flexibility index (Phi) is 1860. The van der Waals surface area contributed by atoms with E-state index in [2.05, 4.69) is 13.2 Å². The zero-order valence-corrected chi connectivity index (χ0v) is 5.79. The Morgan fingerprint density at radius 3 is 0.800 bits per heavy atom. The van der Waals surface area contributed by atoms with Crippen LogP contribution in [0.15, 0.2) is 13.2 Å². The van der Waals surface area contributed by atoms with Gasteiger partial charge in [-0.3, -0.25) is 0 Å². The van der Waals surface area contributed by atoms with Crippen LogP contribution in [-0.4, -0.2) is 0 Å². The molecule has 0 aromatic rings. The molecule has 2 nitrogen and oxygen atoms in total. The molecule has 0 saturated heterocycles. The minimum absolute atomic E-state index is 0. The van der Waals surface area contributed by atoms with Crippen LogP contribution in [0, 0.1) is 0 Å². The smallest absolute Gasteiger partial charge is 0 e. The number of rotatable bonds is 0. The largest absolute Gasteiger partial charge is 0.344 e. The summed E-state index contributed by atoms with van der Waals surface area (Å²) in [6.07, 6.45) is 0. The van der Waals surface area contributed by atoms with E-state index >= 15 is 0 Å². The molecule has 0 radical (unpaired) electrons. The van der Waals surface area contributed by atoms with E-state index in [1.807, 2.05) is 0 Å². The first-order valence-corrected chi connectivity index (χ1v) is 0.500. The minimum Gasteiger partial charge on any atom is -0.344 e. The molecule has 0 rings (SSSR count). The molecular weight excluding hydrogens is 143 g/mol.